The number of rotatable bonds is 4. The van der Waals surface area contributed by atoms with E-state index < -0.39 is 23.5 Å². The molecule has 0 unspecified atom stereocenters. The fraction of sp³-hybridized carbons (Fsp3) is 0.185. The molecule has 0 aliphatic carbocycles. The van der Waals surface area contributed by atoms with Crippen LogP contribution in [-0.2, 0) is 20.5 Å². The number of carbonyl (C=O) groups is 2. The lowest BCUT2D eigenvalue weighted by atomic mass is 10.1. The molecule has 36 heavy (non-hydrogen) atoms. The number of aromatic nitrogens is 1. The number of Topliss-reactive ketones (excluding diaryl/α,β-unsaturated/α-hetero) is 1. The van der Waals surface area contributed by atoms with Gasteiger partial charge in [-0.25, -0.2) is 4.79 Å². The quantitative estimate of drug-likeness (QED) is 0.222. The zero-order valence-electron chi connectivity index (χ0n) is 19.9. The standard InChI is InChI=1S/C27H22ClF3N2O3/c1-15-13-18(16(2)32(15)22-8-6-5-7-21(22)27(29,30)31)14-23-25(34)24(26(35)36-4)17(3)33(23)20-11-9-19(28)10-12-20/h5-14H,1-4H3. The number of hydrogen-bond acceptors (Lipinski definition) is 4. The minimum absolute atomic E-state index is 0.0125. The Morgan fingerprint density at radius 3 is 2.28 bits per heavy atom. The lowest BCUT2D eigenvalue weighted by Gasteiger charge is -2.21. The fourth-order valence-corrected chi connectivity index (χ4v) is 4.57. The Morgan fingerprint density at radius 1 is 1.03 bits per heavy atom. The second-order valence-corrected chi connectivity index (χ2v) is 8.74. The molecule has 0 bridgehead atoms. The van der Waals surface area contributed by atoms with Gasteiger partial charge >= 0.3 is 12.1 Å². The zero-order valence-corrected chi connectivity index (χ0v) is 20.7. The summed E-state index contributed by atoms with van der Waals surface area (Å²) in [4.78, 5) is 27.4. The lowest BCUT2D eigenvalue weighted by molar-refractivity contribution is -0.138. The van der Waals surface area contributed by atoms with E-state index in [4.69, 9.17) is 16.3 Å². The molecule has 1 aromatic heterocycles. The molecule has 5 nitrogen and oxygen atoms in total. The van der Waals surface area contributed by atoms with E-state index in [1.165, 1.54) is 23.8 Å². The predicted molar refractivity (Wildman–Crippen MR) is 132 cm³/mol. The van der Waals surface area contributed by atoms with Crippen LogP contribution in [0.4, 0.5) is 18.9 Å². The Bertz CT molecular complexity index is 1430. The average Bonchev–Trinajstić information content (AvgIpc) is 3.24. The highest BCUT2D eigenvalue weighted by Gasteiger charge is 2.39. The van der Waals surface area contributed by atoms with Crippen molar-refractivity contribution < 1.29 is 27.5 Å². The van der Waals surface area contributed by atoms with Crippen LogP contribution in [0.2, 0.25) is 5.02 Å². The monoisotopic (exact) mass is 514 g/mol. The molecule has 0 atom stereocenters. The molecular formula is C27H22ClF3N2O3. The Balaban J connectivity index is 1.89. The Labute approximate surface area is 211 Å². The van der Waals surface area contributed by atoms with Crippen LogP contribution in [0.25, 0.3) is 11.8 Å². The minimum Gasteiger partial charge on any atom is -0.465 e. The number of allylic oxidation sites excluding steroid dienone is 2. The van der Waals surface area contributed by atoms with Gasteiger partial charge in [0.2, 0.25) is 5.78 Å². The number of benzene rings is 2. The average molecular weight is 515 g/mol. The summed E-state index contributed by atoms with van der Waals surface area (Å²) in [5.74, 6) is -1.32. The van der Waals surface area contributed by atoms with E-state index in [0.717, 1.165) is 6.07 Å². The van der Waals surface area contributed by atoms with Gasteiger partial charge in [0.25, 0.3) is 0 Å². The number of anilines is 1. The van der Waals surface area contributed by atoms with Crippen molar-refractivity contribution in [1.82, 2.24) is 4.57 Å². The molecule has 9 heteroatoms. The van der Waals surface area contributed by atoms with Gasteiger partial charge in [0.1, 0.15) is 5.57 Å². The molecule has 2 aromatic carbocycles. The van der Waals surface area contributed by atoms with Gasteiger partial charge in [0.05, 0.1) is 24.1 Å². The third kappa shape index (κ3) is 4.33. The second-order valence-electron chi connectivity index (χ2n) is 8.30. The van der Waals surface area contributed by atoms with E-state index in [0.29, 0.717) is 33.4 Å². The van der Waals surface area contributed by atoms with E-state index in [-0.39, 0.29) is 17.0 Å². The first-order valence-corrected chi connectivity index (χ1v) is 11.3. The van der Waals surface area contributed by atoms with Crippen molar-refractivity contribution in [2.75, 3.05) is 12.0 Å². The Hall–Kier alpha value is -3.78. The summed E-state index contributed by atoms with van der Waals surface area (Å²) in [6.07, 6.45) is -2.97. The van der Waals surface area contributed by atoms with Crippen molar-refractivity contribution in [2.45, 2.75) is 26.9 Å². The number of esters is 1. The van der Waals surface area contributed by atoms with Gasteiger partial charge < -0.3 is 14.2 Å². The minimum atomic E-state index is -4.54. The van der Waals surface area contributed by atoms with E-state index in [2.05, 4.69) is 0 Å². The fourth-order valence-electron chi connectivity index (χ4n) is 4.44. The largest absolute Gasteiger partial charge is 0.465 e. The number of para-hydroxylation sites is 1. The summed E-state index contributed by atoms with van der Waals surface area (Å²) in [6.45, 7) is 5.00. The SMILES string of the molecule is COC(=O)C1=C(C)N(c2ccc(Cl)cc2)C(=Cc2cc(C)n(-c3ccccc3C(F)(F)F)c2C)C1=O. The van der Waals surface area contributed by atoms with E-state index >= 15 is 0 Å². The number of methoxy groups -OCH3 is 1. The topological polar surface area (TPSA) is 51.5 Å². The molecule has 0 amide bonds. The van der Waals surface area contributed by atoms with E-state index in [1.807, 2.05) is 0 Å². The summed E-state index contributed by atoms with van der Waals surface area (Å²) < 4.78 is 47.5. The summed E-state index contributed by atoms with van der Waals surface area (Å²) in [5.41, 5.74) is 1.82. The molecule has 2 heterocycles. The molecule has 1 aliphatic heterocycles. The Kier molecular flexibility index (Phi) is 6.58. The number of hydrogen-bond donors (Lipinski definition) is 0. The molecule has 0 radical (unpaired) electrons. The maximum absolute atomic E-state index is 13.7. The van der Waals surface area contributed by atoms with Crippen molar-refractivity contribution in [1.29, 1.82) is 0 Å². The lowest BCUT2D eigenvalue weighted by Crippen LogP contribution is -2.18. The summed E-state index contributed by atoms with van der Waals surface area (Å²) in [6, 6.07) is 13.7. The second kappa shape index (κ2) is 9.35. The van der Waals surface area contributed by atoms with Crippen LogP contribution in [0, 0.1) is 13.8 Å². The normalized spacial score (nSPS) is 15.3. The maximum Gasteiger partial charge on any atom is 0.418 e. The Morgan fingerprint density at radius 2 is 1.67 bits per heavy atom. The number of carbonyl (C=O) groups excluding carboxylic acids is 2. The van der Waals surface area contributed by atoms with Crippen LogP contribution in [0.3, 0.4) is 0 Å². The molecule has 0 saturated heterocycles. The maximum atomic E-state index is 13.7. The summed E-state index contributed by atoms with van der Waals surface area (Å²) in [5, 5.41) is 0.497. The summed E-state index contributed by atoms with van der Waals surface area (Å²) >= 11 is 6.03. The van der Waals surface area contributed by atoms with Crippen LogP contribution < -0.4 is 4.90 Å². The van der Waals surface area contributed by atoms with Gasteiger partial charge in [-0.3, -0.25) is 4.79 Å². The van der Waals surface area contributed by atoms with Crippen LogP contribution in [-0.4, -0.2) is 23.4 Å². The first kappa shape index (κ1) is 25.3. The van der Waals surface area contributed by atoms with Crippen molar-refractivity contribution >= 4 is 35.1 Å². The number of nitrogens with zero attached hydrogens (tertiary/aromatic N) is 2. The highest BCUT2D eigenvalue weighted by atomic mass is 35.5. The van der Waals surface area contributed by atoms with Gasteiger partial charge in [-0.05, 0) is 74.9 Å². The van der Waals surface area contributed by atoms with Crippen molar-refractivity contribution in [3.05, 3.63) is 99.1 Å². The molecule has 186 valence electrons. The zero-order chi connectivity index (χ0) is 26.4. The summed E-state index contributed by atoms with van der Waals surface area (Å²) in [7, 11) is 1.19. The number of ketones is 1. The highest BCUT2D eigenvalue weighted by molar-refractivity contribution is 6.31. The smallest absolute Gasteiger partial charge is 0.418 e. The number of ether oxygens (including phenoxy) is 1. The highest BCUT2D eigenvalue weighted by Crippen LogP contribution is 2.38. The molecule has 0 spiro atoms. The third-order valence-corrected chi connectivity index (χ3v) is 6.34. The van der Waals surface area contributed by atoms with E-state index in [1.54, 1.807) is 68.1 Å². The molecule has 4 rings (SSSR count). The van der Waals surface area contributed by atoms with Gasteiger partial charge in [0, 0.05) is 27.8 Å². The van der Waals surface area contributed by atoms with Crippen molar-refractivity contribution in [2.24, 2.45) is 0 Å². The van der Waals surface area contributed by atoms with Gasteiger partial charge in [0.15, 0.2) is 0 Å². The van der Waals surface area contributed by atoms with Gasteiger partial charge in [-0.15, -0.1) is 0 Å². The van der Waals surface area contributed by atoms with E-state index in [9.17, 15) is 22.8 Å². The van der Waals surface area contributed by atoms with Crippen LogP contribution in [0.15, 0.2) is 71.6 Å². The van der Waals surface area contributed by atoms with Gasteiger partial charge in [-0.2, -0.15) is 13.2 Å². The van der Waals surface area contributed by atoms with Crippen molar-refractivity contribution in [3.63, 3.8) is 0 Å². The van der Waals surface area contributed by atoms with Gasteiger partial charge in [-0.1, -0.05) is 23.7 Å². The molecule has 0 saturated carbocycles. The van der Waals surface area contributed by atoms with Crippen LogP contribution in [0.5, 0.6) is 0 Å². The molecule has 0 fully saturated rings. The molecule has 1 aliphatic rings. The predicted octanol–water partition coefficient (Wildman–Crippen LogP) is 6.64. The first-order chi connectivity index (χ1) is 17.0. The number of alkyl halides is 3. The van der Waals surface area contributed by atoms with Crippen LogP contribution in [0.1, 0.15) is 29.4 Å². The number of halogens is 4. The number of aryl methyl sites for hydroxylation is 1. The molecular weight excluding hydrogens is 493 g/mol. The first-order valence-electron chi connectivity index (χ1n) is 10.9. The molecule has 0 N–H and O–H groups in total. The van der Waals surface area contributed by atoms with Crippen molar-refractivity contribution in [3.8, 4) is 5.69 Å². The third-order valence-electron chi connectivity index (χ3n) is 6.09. The van der Waals surface area contributed by atoms with Crippen LogP contribution >= 0.6 is 11.6 Å². The molecule has 3 aromatic rings.